The van der Waals surface area contributed by atoms with Gasteiger partial charge in [0.2, 0.25) is 0 Å². The molecule has 2 aromatic carbocycles. The lowest BCUT2D eigenvalue weighted by atomic mass is 10.1. The van der Waals surface area contributed by atoms with E-state index in [9.17, 15) is 0 Å². The van der Waals surface area contributed by atoms with E-state index in [0.29, 0.717) is 12.6 Å². The molecule has 0 saturated carbocycles. The molecule has 2 rings (SSSR count). The fraction of sp³-hybridized carbons (Fsp3) is 0.294. The monoisotopic (exact) mass is 289 g/mol. The Labute approximate surface area is 125 Å². The van der Waals surface area contributed by atoms with Crippen LogP contribution in [0.3, 0.4) is 0 Å². The number of ether oxygens (including phenoxy) is 1. The minimum Gasteiger partial charge on any atom is -0.494 e. The average molecular weight is 290 g/mol. The Hall–Kier alpha value is -1.51. The zero-order valence-corrected chi connectivity index (χ0v) is 12.7. The Kier molecular flexibility index (Phi) is 5.45. The van der Waals surface area contributed by atoms with Crippen LogP contribution in [0.15, 0.2) is 48.5 Å². The van der Waals surface area contributed by atoms with Gasteiger partial charge in [-0.3, -0.25) is 0 Å². The van der Waals surface area contributed by atoms with Gasteiger partial charge in [-0.2, -0.15) is 0 Å². The van der Waals surface area contributed by atoms with E-state index in [0.717, 1.165) is 17.3 Å². The SMILES string of the molecule is CCOc1ccc(CN[C@@H](C)c2ccc(Cl)cc2)cc1. The van der Waals surface area contributed by atoms with Gasteiger partial charge in [0.25, 0.3) is 0 Å². The van der Waals surface area contributed by atoms with Crippen molar-refractivity contribution in [2.75, 3.05) is 6.61 Å². The van der Waals surface area contributed by atoms with Crippen LogP contribution in [-0.4, -0.2) is 6.61 Å². The van der Waals surface area contributed by atoms with E-state index in [1.807, 2.05) is 31.2 Å². The third kappa shape index (κ3) is 4.26. The number of nitrogens with one attached hydrogen (secondary N) is 1. The molecule has 1 N–H and O–H groups in total. The first-order chi connectivity index (χ1) is 9.69. The normalized spacial score (nSPS) is 12.2. The maximum Gasteiger partial charge on any atom is 0.119 e. The van der Waals surface area contributed by atoms with Crippen molar-refractivity contribution < 1.29 is 4.74 Å². The number of benzene rings is 2. The van der Waals surface area contributed by atoms with Crippen LogP contribution in [-0.2, 0) is 6.54 Å². The summed E-state index contributed by atoms with van der Waals surface area (Å²) in [5, 5.41) is 4.27. The Morgan fingerprint density at radius 3 is 2.30 bits per heavy atom. The number of hydrogen-bond donors (Lipinski definition) is 1. The molecule has 0 radical (unpaired) electrons. The largest absolute Gasteiger partial charge is 0.494 e. The summed E-state index contributed by atoms with van der Waals surface area (Å²) in [6.45, 7) is 5.67. The quantitative estimate of drug-likeness (QED) is 0.840. The molecule has 20 heavy (non-hydrogen) atoms. The van der Waals surface area contributed by atoms with Crippen molar-refractivity contribution in [2.45, 2.75) is 26.4 Å². The molecule has 0 unspecified atom stereocenters. The first-order valence-electron chi connectivity index (χ1n) is 6.89. The molecule has 3 heteroatoms. The molecule has 2 aromatic rings. The molecule has 0 spiro atoms. The van der Waals surface area contributed by atoms with Crippen molar-refractivity contribution in [2.24, 2.45) is 0 Å². The summed E-state index contributed by atoms with van der Waals surface area (Å²) in [5.74, 6) is 0.919. The maximum atomic E-state index is 5.90. The summed E-state index contributed by atoms with van der Waals surface area (Å²) >= 11 is 5.90. The molecule has 0 aliphatic carbocycles. The molecular weight excluding hydrogens is 270 g/mol. The highest BCUT2D eigenvalue weighted by molar-refractivity contribution is 6.30. The molecule has 0 saturated heterocycles. The Morgan fingerprint density at radius 2 is 1.70 bits per heavy atom. The van der Waals surface area contributed by atoms with Crippen molar-refractivity contribution in [1.29, 1.82) is 0 Å². The van der Waals surface area contributed by atoms with Crippen molar-refractivity contribution in [3.05, 3.63) is 64.7 Å². The minimum absolute atomic E-state index is 0.291. The van der Waals surface area contributed by atoms with Gasteiger partial charge in [-0.25, -0.2) is 0 Å². The highest BCUT2D eigenvalue weighted by atomic mass is 35.5. The van der Waals surface area contributed by atoms with Crippen LogP contribution in [0.25, 0.3) is 0 Å². The molecule has 0 fully saturated rings. The number of halogens is 1. The van der Waals surface area contributed by atoms with Crippen molar-refractivity contribution in [3.63, 3.8) is 0 Å². The lowest BCUT2D eigenvalue weighted by Gasteiger charge is -2.14. The number of rotatable bonds is 6. The van der Waals surface area contributed by atoms with Crippen LogP contribution in [0.5, 0.6) is 5.75 Å². The molecule has 0 aromatic heterocycles. The first-order valence-corrected chi connectivity index (χ1v) is 7.27. The standard InChI is InChI=1S/C17H20ClNO/c1-3-20-17-10-4-14(5-11-17)12-19-13(2)15-6-8-16(18)9-7-15/h4-11,13,19H,3,12H2,1-2H3/t13-/m0/s1. The zero-order chi connectivity index (χ0) is 14.4. The van der Waals surface area contributed by atoms with Gasteiger partial charge in [0.15, 0.2) is 0 Å². The lowest BCUT2D eigenvalue weighted by Crippen LogP contribution is -2.17. The molecule has 0 bridgehead atoms. The third-order valence-electron chi connectivity index (χ3n) is 3.22. The summed E-state index contributed by atoms with van der Waals surface area (Å²) in [5.41, 5.74) is 2.48. The first kappa shape index (κ1) is 14.9. The van der Waals surface area contributed by atoms with E-state index < -0.39 is 0 Å². The van der Waals surface area contributed by atoms with Gasteiger partial charge in [-0.15, -0.1) is 0 Å². The molecule has 0 aliphatic heterocycles. The average Bonchev–Trinajstić information content (AvgIpc) is 2.47. The Bertz CT molecular complexity index is 522. The van der Waals surface area contributed by atoms with Crippen molar-refractivity contribution >= 4 is 11.6 Å². The van der Waals surface area contributed by atoms with Crippen molar-refractivity contribution in [1.82, 2.24) is 5.32 Å². The number of hydrogen-bond acceptors (Lipinski definition) is 2. The van der Waals surface area contributed by atoms with E-state index in [1.54, 1.807) is 0 Å². The molecular formula is C17H20ClNO. The third-order valence-corrected chi connectivity index (χ3v) is 3.47. The van der Waals surface area contributed by atoms with Crippen LogP contribution in [0.4, 0.5) is 0 Å². The predicted octanol–water partition coefficient (Wildman–Crippen LogP) is 4.59. The summed E-state index contributed by atoms with van der Waals surface area (Å²) in [7, 11) is 0. The van der Waals surface area contributed by atoms with E-state index in [-0.39, 0.29) is 0 Å². The second-order valence-electron chi connectivity index (χ2n) is 4.73. The fourth-order valence-electron chi connectivity index (χ4n) is 2.01. The van der Waals surface area contributed by atoms with Gasteiger partial charge in [0.05, 0.1) is 6.61 Å². The second kappa shape index (κ2) is 7.32. The summed E-state index contributed by atoms with van der Waals surface area (Å²) in [6.07, 6.45) is 0. The molecule has 0 aliphatic rings. The Morgan fingerprint density at radius 1 is 1.05 bits per heavy atom. The van der Waals surface area contributed by atoms with Gasteiger partial charge in [-0.1, -0.05) is 35.9 Å². The highest BCUT2D eigenvalue weighted by Gasteiger charge is 2.04. The molecule has 106 valence electrons. The van der Waals surface area contributed by atoms with Crippen LogP contribution in [0.1, 0.15) is 31.0 Å². The molecule has 2 nitrogen and oxygen atoms in total. The zero-order valence-electron chi connectivity index (χ0n) is 11.9. The maximum absolute atomic E-state index is 5.90. The lowest BCUT2D eigenvalue weighted by molar-refractivity contribution is 0.340. The summed E-state index contributed by atoms with van der Waals surface area (Å²) in [6, 6.07) is 16.4. The smallest absolute Gasteiger partial charge is 0.119 e. The second-order valence-corrected chi connectivity index (χ2v) is 5.17. The predicted molar refractivity (Wildman–Crippen MR) is 84.3 cm³/mol. The van der Waals surface area contributed by atoms with E-state index >= 15 is 0 Å². The highest BCUT2D eigenvalue weighted by Crippen LogP contribution is 2.17. The topological polar surface area (TPSA) is 21.3 Å². The summed E-state index contributed by atoms with van der Waals surface area (Å²) in [4.78, 5) is 0. The van der Waals surface area contributed by atoms with E-state index in [4.69, 9.17) is 16.3 Å². The van der Waals surface area contributed by atoms with Crippen molar-refractivity contribution in [3.8, 4) is 5.75 Å². The van der Waals surface area contributed by atoms with Gasteiger partial charge in [0, 0.05) is 17.6 Å². The summed E-state index contributed by atoms with van der Waals surface area (Å²) < 4.78 is 5.43. The molecule has 1 atom stereocenters. The van der Waals surface area contributed by atoms with Gasteiger partial charge in [0.1, 0.15) is 5.75 Å². The molecule has 0 amide bonds. The van der Waals surface area contributed by atoms with Crippen LogP contribution >= 0.6 is 11.6 Å². The van der Waals surface area contributed by atoms with Crippen LogP contribution in [0.2, 0.25) is 5.02 Å². The van der Waals surface area contributed by atoms with E-state index in [1.165, 1.54) is 11.1 Å². The minimum atomic E-state index is 0.291. The van der Waals surface area contributed by atoms with Crippen LogP contribution in [0, 0.1) is 0 Å². The van der Waals surface area contributed by atoms with Gasteiger partial charge in [-0.05, 0) is 49.2 Å². The Balaban J connectivity index is 1.89. The van der Waals surface area contributed by atoms with Gasteiger partial charge >= 0.3 is 0 Å². The molecule has 0 heterocycles. The fourth-order valence-corrected chi connectivity index (χ4v) is 2.14. The van der Waals surface area contributed by atoms with Gasteiger partial charge < -0.3 is 10.1 Å². The van der Waals surface area contributed by atoms with Crippen LogP contribution < -0.4 is 10.1 Å². The van der Waals surface area contributed by atoms with E-state index in [2.05, 4.69) is 36.5 Å².